The molecule has 0 N–H and O–H groups in total. The highest BCUT2D eigenvalue weighted by atomic mass is 32.1. The molecule has 1 rings (SSSR count). The zero-order valence-electron chi connectivity index (χ0n) is 8.38. The van der Waals surface area contributed by atoms with E-state index in [2.05, 4.69) is 6.07 Å². The normalized spacial score (nSPS) is 10.8. The van der Waals surface area contributed by atoms with Crippen LogP contribution in [0.1, 0.15) is 20.9 Å². The fourth-order valence-corrected chi connectivity index (χ4v) is 2.49. The molecule has 0 saturated carbocycles. The first-order valence-electron chi connectivity index (χ1n) is 4.18. The van der Waals surface area contributed by atoms with Crippen molar-refractivity contribution < 1.29 is 0 Å². The van der Waals surface area contributed by atoms with Gasteiger partial charge in [0.15, 0.2) is 0 Å². The third-order valence-corrected chi connectivity index (χ3v) is 3.28. The van der Waals surface area contributed by atoms with Crippen molar-refractivity contribution in [2.45, 2.75) is 20.8 Å². The quantitative estimate of drug-likeness (QED) is 0.657. The van der Waals surface area contributed by atoms with Crippen molar-refractivity contribution in [1.29, 1.82) is 10.5 Å². The lowest BCUT2D eigenvalue weighted by atomic mass is 10.0. The van der Waals surface area contributed by atoms with Gasteiger partial charge in [-0.2, -0.15) is 10.5 Å². The standard InChI is InChI=1S/C11H10N2S/c1-7-8(2)14-9(3)11(7)10(6-13)4-5-12/h4H,1-3H3. The second kappa shape index (κ2) is 4.09. The van der Waals surface area contributed by atoms with Crippen LogP contribution in [-0.4, -0.2) is 0 Å². The summed E-state index contributed by atoms with van der Waals surface area (Å²) in [5.41, 5.74) is 2.50. The SMILES string of the molecule is Cc1sc(C)c(C(C#N)=CC#N)c1C. The van der Waals surface area contributed by atoms with Gasteiger partial charge in [0.1, 0.15) is 6.07 Å². The molecule has 70 valence electrons. The van der Waals surface area contributed by atoms with Crippen LogP contribution in [0.4, 0.5) is 0 Å². The number of nitrogens with zero attached hydrogens (tertiary/aromatic N) is 2. The number of hydrogen-bond acceptors (Lipinski definition) is 3. The molecule has 2 nitrogen and oxygen atoms in total. The maximum Gasteiger partial charge on any atom is 0.101 e. The van der Waals surface area contributed by atoms with Crippen LogP contribution in [0.2, 0.25) is 0 Å². The topological polar surface area (TPSA) is 47.6 Å². The van der Waals surface area contributed by atoms with Crippen molar-refractivity contribution in [2.24, 2.45) is 0 Å². The Labute approximate surface area is 87.7 Å². The second-order valence-electron chi connectivity index (χ2n) is 3.01. The lowest BCUT2D eigenvalue weighted by Crippen LogP contribution is -1.85. The van der Waals surface area contributed by atoms with E-state index in [0.29, 0.717) is 5.57 Å². The van der Waals surface area contributed by atoms with Crippen LogP contribution in [0.5, 0.6) is 0 Å². The van der Waals surface area contributed by atoms with Gasteiger partial charge in [0.25, 0.3) is 0 Å². The molecule has 0 unspecified atom stereocenters. The van der Waals surface area contributed by atoms with E-state index in [1.54, 1.807) is 11.3 Å². The molecule has 0 atom stereocenters. The summed E-state index contributed by atoms with van der Waals surface area (Å²) in [6.07, 6.45) is 1.31. The molecule has 0 amide bonds. The van der Waals surface area contributed by atoms with Crippen LogP contribution in [0, 0.1) is 43.4 Å². The summed E-state index contributed by atoms with van der Waals surface area (Å²) in [4.78, 5) is 2.31. The first-order valence-corrected chi connectivity index (χ1v) is 5.00. The van der Waals surface area contributed by atoms with E-state index in [4.69, 9.17) is 10.5 Å². The number of nitriles is 2. The predicted octanol–water partition coefficient (Wildman–Crippen LogP) is 3.10. The molecule has 0 radical (unpaired) electrons. The molecule has 14 heavy (non-hydrogen) atoms. The van der Waals surface area contributed by atoms with Gasteiger partial charge in [-0.15, -0.1) is 11.3 Å². The van der Waals surface area contributed by atoms with Crippen LogP contribution >= 0.6 is 11.3 Å². The van der Waals surface area contributed by atoms with Crippen LogP contribution in [-0.2, 0) is 0 Å². The number of hydrogen-bond donors (Lipinski definition) is 0. The van der Waals surface area contributed by atoms with Crippen LogP contribution in [0.15, 0.2) is 6.08 Å². The molecule has 1 heterocycles. The fourth-order valence-electron chi connectivity index (χ4n) is 1.41. The van der Waals surface area contributed by atoms with Gasteiger partial charge in [0.2, 0.25) is 0 Å². The summed E-state index contributed by atoms with van der Waals surface area (Å²) < 4.78 is 0. The van der Waals surface area contributed by atoms with Crippen LogP contribution in [0.3, 0.4) is 0 Å². The minimum absolute atomic E-state index is 0.465. The molecule has 1 aromatic rings. The molecule has 0 saturated heterocycles. The van der Waals surface area contributed by atoms with E-state index in [1.165, 1.54) is 11.0 Å². The number of allylic oxidation sites excluding steroid dienone is 2. The maximum atomic E-state index is 8.90. The average Bonchev–Trinajstić information content (AvgIpc) is 2.39. The van der Waals surface area contributed by atoms with Gasteiger partial charge >= 0.3 is 0 Å². The lowest BCUT2D eigenvalue weighted by Gasteiger charge is -1.98. The Morgan fingerprint density at radius 2 is 1.86 bits per heavy atom. The number of aryl methyl sites for hydroxylation is 2. The summed E-state index contributed by atoms with van der Waals surface area (Å²) in [5, 5.41) is 17.4. The van der Waals surface area contributed by atoms with E-state index in [9.17, 15) is 0 Å². The molecule has 0 aromatic carbocycles. The van der Waals surface area contributed by atoms with Gasteiger partial charge in [-0.25, -0.2) is 0 Å². The Balaban J connectivity index is 3.41. The first-order chi connectivity index (χ1) is 6.61. The first kappa shape index (κ1) is 10.5. The minimum atomic E-state index is 0.465. The predicted molar refractivity (Wildman–Crippen MR) is 57.7 cm³/mol. The number of thiophene rings is 1. The van der Waals surface area contributed by atoms with Gasteiger partial charge in [0.05, 0.1) is 11.6 Å². The van der Waals surface area contributed by atoms with Gasteiger partial charge in [0, 0.05) is 21.4 Å². The van der Waals surface area contributed by atoms with E-state index < -0.39 is 0 Å². The Hall–Kier alpha value is -1.58. The van der Waals surface area contributed by atoms with E-state index >= 15 is 0 Å². The third kappa shape index (κ3) is 1.69. The van der Waals surface area contributed by atoms with Crippen molar-refractivity contribution >= 4 is 16.9 Å². The highest BCUT2D eigenvalue weighted by molar-refractivity contribution is 7.12. The lowest BCUT2D eigenvalue weighted by molar-refractivity contribution is 1.39. The molecule has 0 fully saturated rings. The Morgan fingerprint density at radius 3 is 2.21 bits per heavy atom. The molecule has 0 bridgehead atoms. The number of rotatable bonds is 1. The van der Waals surface area contributed by atoms with Gasteiger partial charge < -0.3 is 0 Å². The average molecular weight is 202 g/mol. The summed E-state index contributed by atoms with van der Waals surface area (Å²) >= 11 is 1.66. The summed E-state index contributed by atoms with van der Waals surface area (Å²) in [6.45, 7) is 5.98. The summed E-state index contributed by atoms with van der Waals surface area (Å²) in [6, 6.07) is 3.96. The van der Waals surface area contributed by atoms with Gasteiger partial charge in [-0.05, 0) is 26.3 Å². The maximum absolute atomic E-state index is 8.90. The molecule has 1 aromatic heterocycles. The van der Waals surface area contributed by atoms with E-state index in [0.717, 1.165) is 16.0 Å². The van der Waals surface area contributed by atoms with Crippen molar-refractivity contribution in [3.05, 3.63) is 27.0 Å². The third-order valence-electron chi connectivity index (χ3n) is 2.16. The monoisotopic (exact) mass is 202 g/mol. The molecular weight excluding hydrogens is 192 g/mol. The molecule has 0 aliphatic heterocycles. The smallest absolute Gasteiger partial charge is 0.101 e. The summed E-state index contributed by atoms with van der Waals surface area (Å²) in [5.74, 6) is 0. The molecule has 0 spiro atoms. The Bertz CT molecular complexity index is 467. The molecular formula is C11H10N2S. The van der Waals surface area contributed by atoms with Crippen molar-refractivity contribution in [3.63, 3.8) is 0 Å². The van der Waals surface area contributed by atoms with Crippen LogP contribution in [0.25, 0.3) is 5.57 Å². The highest BCUT2D eigenvalue weighted by Gasteiger charge is 2.12. The zero-order chi connectivity index (χ0) is 10.7. The van der Waals surface area contributed by atoms with Gasteiger partial charge in [-0.1, -0.05) is 0 Å². The minimum Gasteiger partial charge on any atom is -0.193 e. The van der Waals surface area contributed by atoms with E-state index in [1.807, 2.05) is 26.8 Å². The largest absolute Gasteiger partial charge is 0.193 e. The van der Waals surface area contributed by atoms with Crippen molar-refractivity contribution in [2.75, 3.05) is 0 Å². The molecule has 0 aliphatic rings. The zero-order valence-corrected chi connectivity index (χ0v) is 9.20. The van der Waals surface area contributed by atoms with Crippen molar-refractivity contribution in [3.8, 4) is 12.1 Å². The Kier molecular flexibility index (Phi) is 3.06. The molecule has 0 aliphatic carbocycles. The van der Waals surface area contributed by atoms with Crippen molar-refractivity contribution in [1.82, 2.24) is 0 Å². The fraction of sp³-hybridized carbons (Fsp3) is 0.273. The Morgan fingerprint density at radius 1 is 1.21 bits per heavy atom. The van der Waals surface area contributed by atoms with E-state index in [-0.39, 0.29) is 0 Å². The second-order valence-corrected chi connectivity index (χ2v) is 4.44. The van der Waals surface area contributed by atoms with Crippen LogP contribution < -0.4 is 0 Å². The summed E-state index contributed by atoms with van der Waals surface area (Å²) in [7, 11) is 0. The highest BCUT2D eigenvalue weighted by Crippen LogP contribution is 2.31. The van der Waals surface area contributed by atoms with Gasteiger partial charge in [-0.3, -0.25) is 0 Å². The molecule has 3 heteroatoms.